The highest BCUT2D eigenvalue weighted by molar-refractivity contribution is 5.75. The average Bonchev–Trinajstić information content (AvgIpc) is 3.11. The smallest absolute Gasteiger partial charge is 0.328 e. The Morgan fingerprint density at radius 1 is 1.15 bits per heavy atom. The molecule has 0 saturated heterocycles. The minimum atomic E-state index is -0.823. The number of carbonyl (C=O) groups is 1. The van der Waals surface area contributed by atoms with Crippen LogP contribution in [0.1, 0.15) is 13.0 Å². The third kappa shape index (κ3) is 2.75. The van der Waals surface area contributed by atoms with Gasteiger partial charge in [0.2, 0.25) is 0 Å². The van der Waals surface area contributed by atoms with Crippen LogP contribution in [-0.4, -0.2) is 51.8 Å². The molecule has 0 aliphatic heterocycles. The molecule has 0 amide bonds. The van der Waals surface area contributed by atoms with Gasteiger partial charge in [-0.25, -0.2) is 9.78 Å². The van der Waals surface area contributed by atoms with E-state index in [9.17, 15) is 9.59 Å². The summed E-state index contributed by atoms with van der Waals surface area (Å²) in [6.45, 7) is 1.54. The number of rotatable bonds is 5. The predicted molar refractivity (Wildman–Crippen MR) is 90.8 cm³/mol. The van der Waals surface area contributed by atoms with Gasteiger partial charge in [0, 0.05) is 6.07 Å². The molecule has 10 heteroatoms. The first-order valence-corrected chi connectivity index (χ1v) is 7.64. The molecule has 0 spiro atoms. The van der Waals surface area contributed by atoms with Crippen LogP contribution in [0.15, 0.2) is 29.3 Å². The van der Waals surface area contributed by atoms with Gasteiger partial charge in [0.05, 0.1) is 27.0 Å². The molecule has 26 heavy (non-hydrogen) atoms. The molecule has 0 radical (unpaired) electrons. The summed E-state index contributed by atoms with van der Waals surface area (Å²) in [5.41, 5.74) is 0.406. The Morgan fingerprint density at radius 3 is 2.54 bits per heavy atom. The van der Waals surface area contributed by atoms with E-state index < -0.39 is 17.6 Å². The van der Waals surface area contributed by atoms with Crippen LogP contribution in [0, 0.1) is 0 Å². The number of aromatic nitrogens is 5. The molecule has 0 saturated carbocycles. The second-order valence-electron chi connectivity index (χ2n) is 5.37. The van der Waals surface area contributed by atoms with Crippen LogP contribution >= 0.6 is 0 Å². The minimum absolute atomic E-state index is 0.0398. The Morgan fingerprint density at radius 2 is 1.88 bits per heavy atom. The molecule has 0 N–H and O–H groups in total. The number of hydrogen-bond acceptors (Lipinski definition) is 8. The molecule has 0 fully saturated rings. The maximum absolute atomic E-state index is 12.6. The summed E-state index contributed by atoms with van der Waals surface area (Å²) in [6, 6.07) is 4.31. The third-order valence-corrected chi connectivity index (χ3v) is 3.96. The number of hydrogen-bond donors (Lipinski definition) is 0. The quantitative estimate of drug-likeness (QED) is 0.613. The fourth-order valence-electron chi connectivity index (χ4n) is 2.51. The SMILES string of the molecule is COC(=O)[C@@H](C)n1cnc2c(nnn2-c2ccc(OC)c(OC)c2)c1=O. The number of methoxy groups -OCH3 is 3. The van der Waals surface area contributed by atoms with Crippen molar-refractivity contribution in [2.24, 2.45) is 0 Å². The highest BCUT2D eigenvalue weighted by atomic mass is 16.5. The molecule has 0 aliphatic carbocycles. The first-order valence-electron chi connectivity index (χ1n) is 7.64. The van der Waals surface area contributed by atoms with Crippen LogP contribution in [-0.2, 0) is 9.53 Å². The Kier molecular flexibility index (Phi) is 4.57. The molecule has 2 heterocycles. The Balaban J connectivity index is 2.12. The normalized spacial score (nSPS) is 12.0. The van der Waals surface area contributed by atoms with Crippen LogP contribution < -0.4 is 15.0 Å². The van der Waals surface area contributed by atoms with Gasteiger partial charge in [0.1, 0.15) is 12.4 Å². The van der Waals surface area contributed by atoms with E-state index in [4.69, 9.17) is 9.47 Å². The minimum Gasteiger partial charge on any atom is -0.493 e. The van der Waals surface area contributed by atoms with E-state index in [1.54, 1.807) is 25.1 Å². The van der Waals surface area contributed by atoms with E-state index in [2.05, 4.69) is 20.0 Å². The molecule has 0 aliphatic rings. The van der Waals surface area contributed by atoms with Crippen molar-refractivity contribution < 1.29 is 19.0 Å². The lowest BCUT2D eigenvalue weighted by atomic mass is 10.2. The molecule has 10 nitrogen and oxygen atoms in total. The second-order valence-corrected chi connectivity index (χ2v) is 5.37. The van der Waals surface area contributed by atoms with E-state index >= 15 is 0 Å². The second kappa shape index (κ2) is 6.82. The maximum atomic E-state index is 12.6. The molecule has 3 aromatic rings. The number of benzene rings is 1. The van der Waals surface area contributed by atoms with Crippen LogP contribution in [0.2, 0.25) is 0 Å². The zero-order valence-electron chi connectivity index (χ0n) is 14.7. The zero-order valence-corrected chi connectivity index (χ0v) is 14.7. The van der Waals surface area contributed by atoms with Gasteiger partial charge in [0.25, 0.3) is 5.56 Å². The summed E-state index contributed by atoms with van der Waals surface area (Å²) in [5.74, 6) is 0.504. The molecule has 1 aromatic carbocycles. The molecule has 0 unspecified atom stereocenters. The van der Waals surface area contributed by atoms with Crippen molar-refractivity contribution in [2.75, 3.05) is 21.3 Å². The van der Waals surface area contributed by atoms with Crippen molar-refractivity contribution in [3.8, 4) is 17.2 Å². The highest BCUT2D eigenvalue weighted by Gasteiger charge is 2.21. The lowest BCUT2D eigenvalue weighted by molar-refractivity contribution is -0.144. The van der Waals surface area contributed by atoms with Crippen LogP contribution in [0.5, 0.6) is 11.5 Å². The van der Waals surface area contributed by atoms with E-state index in [0.29, 0.717) is 17.2 Å². The number of ether oxygens (including phenoxy) is 3. The van der Waals surface area contributed by atoms with Gasteiger partial charge in [-0.15, -0.1) is 5.10 Å². The van der Waals surface area contributed by atoms with Crippen molar-refractivity contribution in [2.45, 2.75) is 13.0 Å². The van der Waals surface area contributed by atoms with E-state index in [1.807, 2.05) is 0 Å². The van der Waals surface area contributed by atoms with Crippen LogP contribution in [0.3, 0.4) is 0 Å². The largest absolute Gasteiger partial charge is 0.493 e. The van der Waals surface area contributed by atoms with Gasteiger partial charge >= 0.3 is 5.97 Å². The van der Waals surface area contributed by atoms with Crippen molar-refractivity contribution >= 4 is 17.1 Å². The molecule has 136 valence electrons. The topological polar surface area (TPSA) is 110 Å². The van der Waals surface area contributed by atoms with Gasteiger partial charge in [-0.05, 0) is 19.1 Å². The summed E-state index contributed by atoms with van der Waals surface area (Å²) in [6.07, 6.45) is 1.27. The summed E-state index contributed by atoms with van der Waals surface area (Å²) >= 11 is 0. The average molecular weight is 359 g/mol. The monoisotopic (exact) mass is 359 g/mol. The molecule has 3 rings (SSSR count). The van der Waals surface area contributed by atoms with Gasteiger partial charge in [0.15, 0.2) is 22.7 Å². The number of esters is 1. The number of fused-ring (bicyclic) bond motifs is 1. The maximum Gasteiger partial charge on any atom is 0.328 e. The van der Waals surface area contributed by atoms with Crippen molar-refractivity contribution in [3.63, 3.8) is 0 Å². The van der Waals surface area contributed by atoms with Gasteiger partial charge in [-0.1, -0.05) is 5.21 Å². The Bertz CT molecular complexity index is 1030. The van der Waals surface area contributed by atoms with Gasteiger partial charge in [-0.2, -0.15) is 4.68 Å². The van der Waals surface area contributed by atoms with Crippen molar-refractivity contribution in [3.05, 3.63) is 34.9 Å². The van der Waals surface area contributed by atoms with Crippen LogP contribution in [0.4, 0.5) is 0 Å². The third-order valence-electron chi connectivity index (χ3n) is 3.96. The number of carbonyl (C=O) groups excluding carboxylic acids is 1. The molecule has 0 bridgehead atoms. The highest BCUT2D eigenvalue weighted by Crippen LogP contribution is 2.29. The lowest BCUT2D eigenvalue weighted by Gasteiger charge is -2.12. The van der Waals surface area contributed by atoms with Gasteiger partial charge in [-0.3, -0.25) is 9.36 Å². The zero-order chi connectivity index (χ0) is 18.8. The lowest BCUT2D eigenvalue weighted by Crippen LogP contribution is -2.29. The number of nitrogens with zero attached hydrogens (tertiary/aromatic N) is 5. The standard InChI is InChI=1S/C16H17N5O5/c1-9(16(23)26-4)20-8-17-14-13(15(20)22)18-19-21(14)10-5-6-11(24-2)12(7-10)25-3/h5-9H,1-4H3/t9-/m1/s1. The summed E-state index contributed by atoms with van der Waals surface area (Å²) < 4.78 is 17.7. The van der Waals surface area contributed by atoms with Crippen molar-refractivity contribution in [1.82, 2.24) is 24.5 Å². The Hall–Kier alpha value is -3.43. The van der Waals surface area contributed by atoms with Crippen LogP contribution in [0.25, 0.3) is 16.9 Å². The van der Waals surface area contributed by atoms with Gasteiger partial charge < -0.3 is 14.2 Å². The summed E-state index contributed by atoms with van der Waals surface area (Å²) in [5, 5.41) is 7.91. The first-order chi connectivity index (χ1) is 12.5. The van der Waals surface area contributed by atoms with E-state index in [0.717, 1.165) is 4.57 Å². The summed E-state index contributed by atoms with van der Waals surface area (Å²) in [7, 11) is 4.31. The predicted octanol–water partition coefficient (Wildman–Crippen LogP) is 0.728. The van der Waals surface area contributed by atoms with E-state index in [1.165, 1.54) is 32.3 Å². The Labute approximate surface area is 147 Å². The van der Waals surface area contributed by atoms with E-state index in [-0.39, 0.29) is 11.2 Å². The summed E-state index contributed by atoms with van der Waals surface area (Å²) in [4.78, 5) is 28.5. The fraction of sp³-hybridized carbons (Fsp3) is 0.312. The molecule has 1 atom stereocenters. The fourth-order valence-corrected chi connectivity index (χ4v) is 2.51. The first kappa shape index (κ1) is 17.4. The molecular formula is C16H17N5O5. The molecule has 2 aromatic heterocycles. The molecular weight excluding hydrogens is 342 g/mol. The van der Waals surface area contributed by atoms with Crippen molar-refractivity contribution in [1.29, 1.82) is 0 Å².